The van der Waals surface area contributed by atoms with Gasteiger partial charge in [-0.05, 0) is 30.0 Å². The second-order valence-corrected chi connectivity index (χ2v) is 9.86. The largest absolute Gasteiger partial charge is 0.445 e. The zero-order valence-corrected chi connectivity index (χ0v) is 22.3. The van der Waals surface area contributed by atoms with Gasteiger partial charge in [0.2, 0.25) is 11.8 Å². The SMILES string of the molecule is CC1(C(=O)C(Cc2ccccc2)NC(=O)C(Cc2ccccc2)NC(=O)CNC(=O)OCc2ccccc2)CO1. The van der Waals surface area contributed by atoms with Crippen molar-refractivity contribution in [3.63, 3.8) is 0 Å². The number of hydrogen-bond acceptors (Lipinski definition) is 6. The Morgan fingerprint density at radius 1 is 0.775 bits per heavy atom. The van der Waals surface area contributed by atoms with Crippen LogP contribution in [-0.2, 0) is 43.3 Å². The van der Waals surface area contributed by atoms with E-state index in [0.29, 0.717) is 6.61 Å². The van der Waals surface area contributed by atoms with E-state index in [0.717, 1.165) is 16.7 Å². The first-order valence-corrected chi connectivity index (χ1v) is 13.1. The van der Waals surface area contributed by atoms with Crippen LogP contribution in [0.4, 0.5) is 4.79 Å². The summed E-state index contributed by atoms with van der Waals surface area (Å²) in [4.78, 5) is 51.6. The molecule has 208 valence electrons. The van der Waals surface area contributed by atoms with Gasteiger partial charge in [0.25, 0.3) is 0 Å². The van der Waals surface area contributed by atoms with Gasteiger partial charge in [0.15, 0.2) is 5.78 Å². The topological polar surface area (TPSA) is 126 Å². The summed E-state index contributed by atoms with van der Waals surface area (Å²) >= 11 is 0. The molecule has 0 spiro atoms. The Morgan fingerprint density at radius 3 is 1.80 bits per heavy atom. The summed E-state index contributed by atoms with van der Waals surface area (Å²) in [6, 6.07) is 25.9. The highest BCUT2D eigenvalue weighted by Gasteiger charge is 2.50. The molecule has 3 unspecified atom stereocenters. The lowest BCUT2D eigenvalue weighted by Gasteiger charge is -2.24. The van der Waals surface area contributed by atoms with E-state index < -0.39 is 35.6 Å². The van der Waals surface area contributed by atoms with Crippen molar-refractivity contribution in [1.29, 1.82) is 0 Å². The van der Waals surface area contributed by atoms with E-state index >= 15 is 0 Å². The molecule has 3 N–H and O–H groups in total. The predicted molar refractivity (Wildman–Crippen MR) is 148 cm³/mol. The van der Waals surface area contributed by atoms with Gasteiger partial charge in [0.05, 0.1) is 12.6 Å². The summed E-state index contributed by atoms with van der Waals surface area (Å²) in [5.41, 5.74) is 1.58. The summed E-state index contributed by atoms with van der Waals surface area (Å²) in [5.74, 6) is -1.31. The van der Waals surface area contributed by atoms with Crippen molar-refractivity contribution in [3.8, 4) is 0 Å². The molecule has 0 aliphatic carbocycles. The molecule has 0 radical (unpaired) electrons. The molecule has 40 heavy (non-hydrogen) atoms. The molecule has 1 aliphatic heterocycles. The Labute approximate surface area is 233 Å². The number of carbonyl (C=O) groups excluding carboxylic acids is 4. The van der Waals surface area contributed by atoms with E-state index in [1.54, 1.807) is 6.92 Å². The zero-order valence-electron chi connectivity index (χ0n) is 22.3. The first-order valence-electron chi connectivity index (χ1n) is 13.1. The third-order valence-electron chi connectivity index (χ3n) is 6.55. The van der Waals surface area contributed by atoms with Gasteiger partial charge in [-0.3, -0.25) is 14.4 Å². The van der Waals surface area contributed by atoms with Crippen LogP contribution in [0.1, 0.15) is 23.6 Å². The van der Waals surface area contributed by atoms with Crippen LogP contribution in [0.2, 0.25) is 0 Å². The van der Waals surface area contributed by atoms with E-state index in [1.165, 1.54) is 0 Å². The summed E-state index contributed by atoms with van der Waals surface area (Å²) in [6.07, 6.45) is -0.281. The van der Waals surface area contributed by atoms with Crippen molar-refractivity contribution in [2.24, 2.45) is 0 Å². The fourth-order valence-corrected chi connectivity index (χ4v) is 4.18. The third-order valence-corrected chi connectivity index (χ3v) is 6.55. The first kappa shape index (κ1) is 28.5. The lowest BCUT2D eigenvalue weighted by Crippen LogP contribution is -2.55. The van der Waals surface area contributed by atoms with Gasteiger partial charge in [-0.1, -0.05) is 91.0 Å². The second kappa shape index (κ2) is 13.5. The molecule has 3 aromatic rings. The van der Waals surface area contributed by atoms with Crippen molar-refractivity contribution in [1.82, 2.24) is 16.0 Å². The summed E-state index contributed by atoms with van der Waals surface area (Å²) in [6.45, 7) is 1.67. The van der Waals surface area contributed by atoms with Gasteiger partial charge < -0.3 is 25.4 Å². The number of nitrogens with one attached hydrogen (secondary N) is 3. The molecule has 3 aromatic carbocycles. The van der Waals surface area contributed by atoms with Gasteiger partial charge in [-0.15, -0.1) is 0 Å². The van der Waals surface area contributed by atoms with Crippen LogP contribution in [0.25, 0.3) is 0 Å². The number of alkyl carbamates (subject to hydrolysis) is 1. The molecule has 9 heteroatoms. The number of hydrogen-bond donors (Lipinski definition) is 3. The van der Waals surface area contributed by atoms with Crippen LogP contribution in [0.3, 0.4) is 0 Å². The number of rotatable bonds is 13. The number of amides is 3. The minimum absolute atomic E-state index is 0.0623. The molecular formula is C31H33N3O6. The van der Waals surface area contributed by atoms with Gasteiger partial charge in [-0.2, -0.15) is 0 Å². The quantitative estimate of drug-likeness (QED) is 0.285. The molecule has 4 rings (SSSR count). The Morgan fingerprint density at radius 2 is 1.27 bits per heavy atom. The third kappa shape index (κ3) is 8.51. The maximum atomic E-state index is 13.5. The highest BCUT2D eigenvalue weighted by atomic mass is 16.6. The van der Waals surface area contributed by atoms with Gasteiger partial charge in [0, 0.05) is 6.42 Å². The Bertz CT molecular complexity index is 1300. The molecule has 0 saturated carbocycles. The number of Topliss-reactive ketones (excluding diaryl/α,β-unsaturated/α-hetero) is 1. The monoisotopic (exact) mass is 543 g/mol. The molecular weight excluding hydrogens is 510 g/mol. The van der Waals surface area contributed by atoms with E-state index in [1.807, 2.05) is 91.0 Å². The molecule has 3 atom stereocenters. The van der Waals surface area contributed by atoms with E-state index in [2.05, 4.69) is 16.0 Å². The van der Waals surface area contributed by atoms with Crippen molar-refractivity contribution in [2.45, 2.75) is 44.1 Å². The molecule has 1 aliphatic rings. The zero-order chi connectivity index (χ0) is 28.4. The Hall–Kier alpha value is -4.50. The highest BCUT2D eigenvalue weighted by Crippen LogP contribution is 2.29. The van der Waals surface area contributed by atoms with Gasteiger partial charge in [0.1, 0.15) is 24.8 Å². The van der Waals surface area contributed by atoms with E-state index in [4.69, 9.17) is 9.47 Å². The van der Waals surface area contributed by atoms with E-state index in [-0.39, 0.29) is 31.8 Å². The standard InChI is InChI=1S/C31H33N3O6/c1-31(21-40-31)28(36)25(17-22-11-5-2-6-12-22)34-29(37)26(18-23-13-7-3-8-14-23)33-27(35)19-32-30(38)39-20-24-15-9-4-10-16-24/h2-16,25-26H,17-21H2,1H3,(H,32,38)(H,33,35)(H,34,37). The molecule has 9 nitrogen and oxygen atoms in total. The maximum Gasteiger partial charge on any atom is 0.407 e. The van der Waals surface area contributed by atoms with Crippen LogP contribution < -0.4 is 16.0 Å². The second-order valence-electron chi connectivity index (χ2n) is 9.86. The minimum atomic E-state index is -0.990. The molecule has 1 saturated heterocycles. The predicted octanol–water partition coefficient (Wildman–Crippen LogP) is 2.73. The molecule has 0 aromatic heterocycles. The van der Waals surface area contributed by atoms with E-state index in [9.17, 15) is 19.2 Å². The van der Waals surface area contributed by atoms with Crippen LogP contribution in [-0.4, -0.2) is 54.5 Å². The van der Waals surface area contributed by atoms with Gasteiger partial charge >= 0.3 is 6.09 Å². The van der Waals surface area contributed by atoms with Gasteiger partial charge in [-0.25, -0.2) is 4.79 Å². The molecule has 1 heterocycles. The number of carbonyl (C=O) groups is 4. The number of ketones is 1. The normalized spacial score (nSPS) is 17.1. The Balaban J connectivity index is 1.39. The number of benzene rings is 3. The van der Waals surface area contributed by atoms with Crippen LogP contribution in [0.5, 0.6) is 0 Å². The van der Waals surface area contributed by atoms with Crippen molar-refractivity contribution in [2.75, 3.05) is 13.2 Å². The average Bonchev–Trinajstić information content (AvgIpc) is 3.73. The highest BCUT2D eigenvalue weighted by molar-refractivity contribution is 5.98. The summed E-state index contributed by atoms with van der Waals surface area (Å²) in [7, 11) is 0. The molecule has 3 amide bonds. The van der Waals surface area contributed by atoms with Crippen LogP contribution in [0, 0.1) is 0 Å². The minimum Gasteiger partial charge on any atom is -0.445 e. The van der Waals surface area contributed by atoms with Crippen molar-refractivity contribution in [3.05, 3.63) is 108 Å². The smallest absolute Gasteiger partial charge is 0.407 e. The number of ether oxygens (including phenoxy) is 2. The molecule has 0 bridgehead atoms. The Kier molecular flexibility index (Phi) is 9.64. The van der Waals surface area contributed by atoms with Crippen molar-refractivity contribution < 1.29 is 28.7 Å². The first-order chi connectivity index (χ1) is 19.3. The molecule has 1 fully saturated rings. The fourth-order valence-electron chi connectivity index (χ4n) is 4.18. The number of epoxide rings is 1. The lowest BCUT2D eigenvalue weighted by atomic mass is 9.94. The summed E-state index contributed by atoms with van der Waals surface area (Å²) in [5, 5.41) is 7.94. The maximum absolute atomic E-state index is 13.5. The summed E-state index contributed by atoms with van der Waals surface area (Å²) < 4.78 is 10.5. The van der Waals surface area contributed by atoms with Crippen LogP contribution in [0.15, 0.2) is 91.0 Å². The van der Waals surface area contributed by atoms with Crippen LogP contribution >= 0.6 is 0 Å². The van der Waals surface area contributed by atoms with Crippen molar-refractivity contribution >= 4 is 23.7 Å². The average molecular weight is 544 g/mol. The lowest BCUT2D eigenvalue weighted by molar-refractivity contribution is -0.132. The fraction of sp³-hybridized carbons (Fsp3) is 0.290.